The zero-order valence-corrected chi connectivity index (χ0v) is 41.8. The second-order valence-corrected chi connectivity index (χ2v) is 20.4. The van der Waals surface area contributed by atoms with Gasteiger partial charge in [0.25, 0.3) is 11.7 Å². The van der Waals surface area contributed by atoms with Gasteiger partial charge in [0.1, 0.15) is 24.0 Å². The molecule has 3 fully saturated rings. The van der Waals surface area contributed by atoms with Crippen molar-refractivity contribution >= 4 is 29.2 Å². The van der Waals surface area contributed by atoms with Gasteiger partial charge in [-0.3, -0.25) is 19.2 Å². The Labute approximate surface area is 403 Å². The molecular weight excluding hydrogens is 871 g/mol. The van der Waals surface area contributed by atoms with Crippen LogP contribution in [0, 0.1) is 35.5 Å². The van der Waals surface area contributed by atoms with E-state index in [9.17, 15) is 39.3 Å². The highest BCUT2D eigenvalue weighted by Crippen LogP contribution is 2.40. The predicted octanol–water partition coefficient (Wildman–Crippen LogP) is 7.54. The number of Topliss-reactive ketones (excluding diaryl/α,β-unsaturated/α-hetero) is 3. The first-order valence-electron chi connectivity index (χ1n) is 25.0. The minimum atomic E-state index is -2.45. The van der Waals surface area contributed by atoms with Crippen molar-refractivity contribution in [2.75, 3.05) is 20.8 Å². The number of allylic oxidation sites excluding steroid dienone is 7. The number of cyclic esters (lactones) is 1. The van der Waals surface area contributed by atoms with Crippen LogP contribution in [-0.4, -0.2) is 119 Å². The number of carbonyl (C=O) groups is 5. The molecule has 4 heterocycles. The number of ether oxygens (including phenoxy) is 4. The van der Waals surface area contributed by atoms with E-state index in [0.29, 0.717) is 69.1 Å². The molecule has 5 rings (SSSR count). The molecule has 3 aliphatic heterocycles. The van der Waals surface area contributed by atoms with Crippen LogP contribution in [0.2, 0.25) is 0 Å². The van der Waals surface area contributed by atoms with Crippen molar-refractivity contribution in [2.24, 2.45) is 35.5 Å². The number of hydrogen-bond acceptors (Lipinski definition) is 13. The average molecular weight is 950 g/mol. The van der Waals surface area contributed by atoms with E-state index < -0.39 is 77.8 Å². The summed E-state index contributed by atoms with van der Waals surface area (Å²) in [6.45, 7) is 12.8. The molecular formula is C54H79NO13. The summed E-state index contributed by atoms with van der Waals surface area (Å²) < 4.78 is 29.6. The van der Waals surface area contributed by atoms with Crippen LogP contribution in [-0.2, 0) is 42.9 Å². The van der Waals surface area contributed by atoms with Crippen molar-refractivity contribution < 1.29 is 62.7 Å². The van der Waals surface area contributed by atoms with Crippen LogP contribution < -0.4 is 0 Å². The molecule has 0 radical (unpaired) electrons. The van der Waals surface area contributed by atoms with Gasteiger partial charge in [-0.2, -0.15) is 0 Å². The second-order valence-electron chi connectivity index (χ2n) is 20.4. The minimum absolute atomic E-state index is 0.0119. The van der Waals surface area contributed by atoms with Gasteiger partial charge in [-0.25, -0.2) is 4.79 Å². The smallest absolute Gasteiger partial charge is 0.329 e. The van der Waals surface area contributed by atoms with Gasteiger partial charge in [-0.05, 0) is 120 Å². The van der Waals surface area contributed by atoms with Gasteiger partial charge in [0, 0.05) is 50.9 Å². The predicted molar refractivity (Wildman–Crippen MR) is 256 cm³/mol. The van der Waals surface area contributed by atoms with Gasteiger partial charge in [-0.15, -0.1) is 0 Å². The molecule has 3 N–H and O–H groups in total. The Hall–Kier alpha value is -4.05. The number of nitrogens with zero attached hydrogens (tertiary/aromatic N) is 1. The first-order chi connectivity index (χ1) is 32.3. The lowest BCUT2D eigenvalue weighted by atomic mass is 9.78. The summed E-state index contributed by atoms with van der Waals surface area (Å²) in [4.78, 5) is 72.3. The number of amides is 1. The monoisotopic (exact) mass is 950 g/mol. The highest BCUT2D eigenvalue weighted by Gasteiger charge is 2.53. The zero-order valence-electron chi connectivity index (χ0n) is 41.8. The van der Waals surface area contributed by atoms with Crippen LogP contribution in [0.5, 0.6) is 0 Å². The van der Waals surface area contributed by atoms with Crippen LogP contribution in [0.15, 0.2) is 70.4 Å². The number of methoxy groups -OCH3 is 2. The molecule has 1 aliphatic carbocycles. The Morgan fingerprint density at radius 3 is 2.34 bits per heavy atom. The molecule has 1 saturated carbocycles. The number of piperidine rings is 1. The topological polar surface area (TPSA) is 199 Å². The highest BCUT2D eigenvalue weighted by atomic mass is 16.6. The van der Waals surface area contributed by atoms with Crippen molar-refractivity contribution in [3.63, 3.8) is 0 Å². The zero-order chi connectivity index (χ0) is 49.9. The van der Waals surface area contributed by atoms with E-state index in [2.05, 4.69) is 0 Å². The van der Waals surface area contributed by atoms with E-state index in [1.165, 1.54) is 12.0 Å². The Bertz CT molecular complexity index is 1990. The lowest BCUT2D eigenvalue weighted by molar-refractivity contribution is -0.264. The van der Waals surface area contributed by atoms with Crippen LogP contribution >= 0.6 is 0 Å². The largest absolute Gasteiger partial charge is 0.469 e. The van der Waals surface area contributed by atoms with Gasteiger partial charge >= 0.3 is 5.97 Å². The molecule has 6 unspecified atom stereocenters. The first kappa shape index (κ1) is 54.9. The standard InChI is InChI=1S/C54H79NO13/c1-32-16-11-10-12-17-33(2)41(45-19-15-25-66-45)30-40-22-20-38(7)54(63,68-40)51(60)52(61)55-24-14-13-18-42(55)53(62)67-46(35(4)28-39-21-23-43(56)47(29-39)64-8)31-44(57)34(3)27-37(6)49(59)50(65-9)48(58)36(5)26-32/h10-12,15-17,19,25,27,32,35-43,46-47,49-50,56,59,63H,13-14,18,20-24,26,28-31H2,1-9H3/t32-,35-,36-,37?,38-,39?,40+,41?,42?,43-,46?,47-,49?,50+,54-/m1/s1. The number of furan rings is 1. The van der Waals surface area contributed by atoms with E-state index in [1.807, 2.05) is 64.1 Å². The molecule has 68 heavy (non-hydrogen) atoms. The Kier molecular flexibility index (Phi) is 20.3. The molecule has 14 nitrogen and oxygen atoms in total. The molecule has 4 aliphatic rings. The summed E-state index contributed by atoms with van der Waals surface area (Å²) >= 11 is 0. The van der Waals surface area contributed by atoms with Crippen LogP contribution in [0.25, 0.3) is 0 Å². The maximum atomic E-state index is 14.4. The number of ketones is 3. The van der Waals surface area contributed by atoms with Crippen LogP contribution in [0.1, 0.15) is 137 Å². The average Bonchev–Trinajstić information content (AvgIpc) is 3.86. The van der Waals surface area contributed by atoms with Crippen molar-refractivity contribution in [3.05, 3.63) is 71.8 Å². The van der Waals surface area contributed by atoms with E-state index in [1.54, 1.807) is 46.3 Å². The molecule has 1 amide bonds. The van der Waals surface area contributed by atoms with E-state index in [4.69, 9.17) is 23.4 Å². The van der Waals surface area contributed by atoms with Crippen molar-refractivity contribution in [1.82, 2.24) is 4.90 Å². The Morgan fingerprint density at radius 2 is 1.65 bits per heavy atom. The van der Waals surface area contributed by atoms with Gasteiger partial charge in [0.2, 0.25) is 5.79 Å². The minimum Gasteiger partial charge on any atom is -0.469 e. The summed E-state index contributed by atoms with van der Waals surface area (Å²) in [5.41, 5.74) is 1.25. The van der Waals surface area contributed by atoms with Crippen molar-refractivity contribution in [1.29, 1.82) is 0 Å². The number of rotatable bonds is 6. The Balaban J connectivity index is 1.49. The molecule has 15 atom stereocenters. The summed E-state index contributed by atoms with van der Waals surface area (Å²) in [5, 5.41) is 34.1. The molecule has 2 bridgehead atoms. The summed E-state index contributed by atoms with van der Waals surface area (Å²) in [6.07, 6.45) is 13.3. The van der Waals surface area contributed by atoms with Gasteiger partial charge in [-0.1, -0.05) is 76.6 Å². The molecule has 378 valence electrons. The fourth-order valence-corrected chi connectivity index (χ4v) is 10.7. The van der Waals surface area contributed by atoms with Gasteiger partial charge in [0.05, 0.1) is 30.7 Å². The van der Waals surface area contributed by atoms with Crippen LogP contribution in [0.4, 0.5) is 0 Å². The summed E-state index contributed by atoms with van der Waals surface area (Å²) in [6, 6.07) is 2.51. The third kappa shape index (κ3) is 13.8. The second kappa shape index (κ2) is 25.2. The fraction of sp³-hybridized carbons (Fsp3) is 0.685. The Morgan fingerprint density at radius 1 is 0.897 bits per heavy atom. The van der Waals surface area contributed by atoms with E-state index in [0.717, 1.165) is 12.0 Å². The first-order valence-corrected chi connectivity index (χ1v) is 25.0. The normalized spacial score (nSPS) is 36.7. The summed E-state index contributed by atoms with van der Waals surface area (Å²) in [7, 11) is 2.95. The molecule has 14 heteroatoms. The lowest BCUT2D eigenvalue weighted by Gasteiger charge is -2.42. The number of carbonyl (C=O) groups excluding carboxylic acids is 5. The molecule has 1 aromatic heterocycles. The number of aliphatic hydroxyl groups is 3. The lowest BCUT2D eigenvalue weighted by Crippen LogP contribution is -2.60. The molecule has 0 aromatic carbocycles. The highest BCUT2D eigenvalue weighted by molar-refractivity contribution is 6.39. The SMILES string of the molecule is CO[C@H]1C(=O)[C@H](C)C[C@H](C)C=CC=CC=C(C)C(c2ccco2)C[C@@H]2CC[C@@H](C)[C@@](O)(O2)C(=O)C(=O)N2CCCCC2C(=O)OC([C@H](C)CC2CC[C@@H](O)[C@H](OC)C2)CC(=O)C(C)=CC(C)C1O. The van der Waals surface area contributed by atoms with E-state index in [-0.39, 0.29) is 60.7 Å². The van der Waals surface area contributed by atoms with Crippen LogP contribution in [0.3, 0.4) is 0 Å². The number of esters is 1. The molecule has 0 spiro atoms. The van der Waals surface area contributed by atoms with E-state index >= 15 is 0 Å². The number of fused-ring (bicyclic) bond motifs is 3. The third-order valence-corrected chi connectivity index (χ3v) is 15.2. The quantitative estimate of drug-likeness (QED) is 0.187. The van der Waals surface area contributed by atoms with Crippen molar-refractivity contribution in [3.8, 4) is 0 Å². The molecule has 1 aromatic rings. The maximum absolute atomic E-state index is 14.4. The fourth-order valence-electron chi connectivity index (χ4n) is 10.7. The molecule has 2 saturated heterocycles. The maximum Gasteiger partial charge on any atom is 0.329 e. The van der Waals surface area contributed by atoms with Gasteiger partial charge < -0.3 is 43.6 Å². The third-order valence-electron chi connectivity index (χ3n) is 15.2. The number of aliphatic hydroxyl groups excluding tert-OH is 2. The number of hydrogen-bond donors (Lipinski definition) is 3. The van der Waals surface area contributed by atoms with Gasteiger partial charge in [0.15, 0.2) is 11.6 Å². The summed E-state index contributed by atoms with van der Waals surface area (Å²) in [5.74, 6) is -7.61. The van der Waals surface area contributed by atoms with Crippen molar-refractivity contribution in [2.45, 2.75) is 180 Å².